The second kappa shape index (κ2) is 7.09. The van der Waals surface area contributed by atoms with Gasteiger partial charge in [0.1, 0.15) is 0 Å². The summed E-state index contributed by atoms with van der Waals surface area (Å²) in [5.41, 5.74) is -1.91. The lowest BCUT2D eigenvalue weighted by atomic mass is 10.2. The van der Waals surface area contributed by atoms with E-state index in [4.69, 9.17) is 23.8 Å². The highest BCUT2D eigenvalue weighted by molar-refractivity contribution is 7.80. The number of benzene rings is 2. The minimum absolute atomic E-state index is 0.0128. The second-order valence-corrected chi connectivity index (χ2v) is 5.67. The van der Waals surface area contributed by atoms with Gasteiger partial charge >= 0.3 is 12.4 Å². The van der Waals surface area contributed by atoms with E-state index in [9.17, 15) is 26.3 Å². The molecular weight excluding hydrogens is 390 g/mol. The van der Waals surface area contributed by atoms with Gasteiger partial charge in [0, 0.05) is 11.4 Å². The van der Waals surface area contributed by atoms with Crippen molar-refractivity contribution in [2.45, 2.75) is 12.4 Å². The van der Waals surface area contributed by atoms with Crippen LogP contribution in [0.2, 0.25) is 5.02 Å². The van der Waals surface area contributed by atoms with E-state index < -0.39 is 28.5 Å². The Labute approximate surface area is 148 Å². The zero-order chi connectivity index (χ0) is 18.8. The SMILES string of the molecule is FC(F)(F)c1cccc(NC(=S)Nc2ccc(Cl)c(C(F)(F)F)c2)c1. The summed E-state index contributed by atoms with van der Waals surface area (Å²) in [4.78, 5) is 0. The Balaban J connectivity index is 2.14. The monoisotopic (exact) mass is 398 g/mol. The predicted octanol–water partition coefficient (Wildman–Crippen LogP) is 6.19. The number of anilines is 2. The maximum atomic E-state index is 12.8. The fraction of sp³-hybridized carbons (Fsp3) is 0.133. The molecule has 0 unspecified atom stereocenters. The first kappa shape index (κ1) is 19.3. The highest BCUT2D eigenvalue weighted by Crippen LogP contribution is 2.36. The van der Waals surface area contributed by atoms with Gasteiger partial charge in [-0.1, -0.05) is 17.7 Å². The molecule has 2 aromatic carbocycles. The molecule has 0 atom stereocenters. The molecule has 2 aromatic rings. The van der Waals surface area contributed by atoms with Crippen molar-refractivity contribution in [3.05, 3.63) is 58.6 Å². The van der Waals surface area contributed by atoms with Crippen molar-refractivity contribution in [2.75, 3.05) is 10.6 Å². The normalized spacial score (nSPS) is 12.0. The zero-order valence-corrected chi connectivity index (χ0v) is 13.7. The molecule has 0 aliphatic heterocycles. The van der Waals surface area contributed by atoms with E-state index >= 15 is 0 Å². The Kier molecular flexibility index (Phi) is 5.48. The molecule has 0 spiro atoms. The standard InChI is InChI=1S/C15H9ClF6N2S/c16-12-5-4-10(7-11(12)15(20,21)22)24-13(25)23-9-3-1-2-8(6-9)14(17,18)19/h1-7H,(H2,23,24,25). The molecule has 0 aliphatic rings. The first-order valence-corrected chi connectivity index (χ1v) is 7.37. The minimum Gasteiger partial charge on any atom is -0.332 e. The van der Waals surface area contributed by atoms with Crippen molar-refractivity contribution < 1.29 is 26.3 Å². The molecule has 0 radical (unpaired) electrons. The van der Waals surface area contributed by atoms with Crippen molar-refractivity contribution in [2.24, 2.45) is 0 Å². The average Bonchev–Trinajstić information content (AvgIpc) is 2.47. The van der Waals surface area contributed by atoms with Crippen molar-refractivity contribution >= 4 is 40.3 Å². The summed E-state index contributed by atoms with van der Waals surface area (Å²) >= 11 is 10.4. The summed E-state index contributed by atoms with van der Waals surface area (Å²) in [6.07, 6.45) is -9.17. The zero-order valence-electron chi connectivity index (χ0n) is 12.1. The minimum atomic E-state index is -4.65. The van der Waals surface area contributed by atoms with Gasteiger partial charge in [0.25, 0.3) is 0 Å². The van der Waals surface area contributed by atoms with Crippen LogP contribution in [0.1, 0.15) is 11.1 Å². The van der Waals surface area contributed by atoms with E-state index in [1.807, 2.05) is 0 Å². The smallest absolute Gasteiger partial charge is 0.332 e. The molecule has 2 rings (SSSR count). The Morgan fingerprint density at radius 1 is 0.840 bits per heavy atom. The molecule has 0 saturated carbocycles. The van der Waals surface area contributed by atoms with Crippen LogP contribution in [0.4, 0.5) is 37.7 Å². The Bertz CT molecular complexity index is 788. The van der Waals surface area contributed by atoms with E-state index in [0.717, 1.165) is 24.3 Å². The van der Waals surface area contributed by atoms with Crippen molar-refractivity contribution in [3.8, 4) is 0 Å². The van der Waals surface area contributed by atoms with Gasteiger partial charge in [-0.25, -0.2) is 0 Å². The fourth-order valence-electron chi connectivity index (χ4n) is 1.89. The highest BCUT2D eigenvalue weighted by Gasteiger charge is 2.33. The molecule has 0 aromatic heterocycles. The Morgan fingerprint density at radius 2 is 1.44 bits per heavy atom. The predicted molar refractivity (Wildman–Crippen MR) is 87.7 cm³/mol. The Morgan fingerprint density at radius 3 is 2.00 bits per heavy atom. The van der Waals surface area contributed by atoms with Gasteiger partial charge in [0.05, 0.1) is 16.1 Å². The number of alkyl halides is 6. The lowest BCUT2D eigenvalue weighted by Crippen LogP contribution is -2.20. The second-order valence-electron chi connectivity index (χ2n) is 4.85. The third kappa shape index (κ3) is 5.23. The molecule has 0 aliphatic carbocycles. The van der Waals surface area contributed by atoms with Gasteiger partial charge in [-0.15, -0.1) is 0 Å². The van der Waals surface area contributed by atoms with Crippen LogP contribution in [0.25, 0.3) is 0 Å². The molecule has 10 heteroatoms. The van der Waals surface area contributed by atoms with E-state index in [2.05, 4.69) is 10.6 Å². The van der Waals surface area contributed by atoms with Crippen LogP contribution in [-0.2, 0) is 12.4 Å². The average molecular weight is 399 g/mol. The van der Waals surface area contributed by atoms with Crippen LogP contribution in [0.5, 0.6) is 0 Å². The number of hydrogen-bond donors (Lipinski definition) is 2. The van der Waals surface area contributed by atoms with E-state index in [0.29, 0.717) is 0 Å². The summed E-state index contributed by atoms with van der Waals surface area (Å²) in [6.45, 7) is 0. The summed E-state index contributed by atoms with van der Waals surface area (Å²) in [6, 6.07) is 7.29. The van der Waals surface area contributed by atoms with Crippen LogP contribution in [0.15, 0.2) is 42.5 Å². The molecule has 2 N–H and O–H groups in total. The third-order valence-electron chi connectivity index (χ3n) is 2.98. The largest absolute Gasteiger partial charge is 0.417 e. The molecule has 134 valence electrons. The fourth-order valence-corrected chi connectivity index (χ4v) is 2.35. The molecule has 0 heterocycles. The van der Waals surface area contributed by atoms with Gasteiger partial charge in [-0.2, -0.15) is 26.3 Å². The summed E-state index contributed by atoms with van der Waals surface area (Å²) < 4.78 is 76.4. The Hall–Kier alpha value is -2.00. The van der Waals surface area contributed by atoms with Crippen LogP contribution >= 0.6 is 23.8 Å². The van der Waals surface area contributed by atoms with Crippen molar-refractivity contribution in [1.82, 2.24) is 0 Å². The van der Waals surface area contributed by atoms with Crippen LogP contribution in [-0.4, -0.2) is 5.11 Å². The maximum absolute atomic E-state index is 12.8. The third-order valence-corrected chi connectivity index (χ3v) is 3.51. The van der Waals surface area contributed by atoms with E-state index in [-0.39, 0.29) is 16.5 Å². The van der Waals surface area contributed by atoms with Crippen LogP contribution < -0.4 is 10.6 Å². The molecule has 0 saturated heterocycles. The maximum Gasteiger partial charge on any atom is 0.417 e. The number of nitrogens with one attached hydrogen (secondary N) is 2. The topological polar surface area (TPSA) is 24.1 Å². The number of thiocarbonyl (C=S) groups is 1. The molecule has 0 bridgehead atoms. The van der Waals surface area contributed by atoms with Crippen LogP contribution in [0, 0.1) is 0 Å². The molecule has 2 nitrogen and oxygen atoms in total. The van der Waals surface area contributed by atoms with E-state index in [1.54, 1.807) is 0 Å². The molecular formula is C15H9ClF6N2S. The molecule has 0 amide bonds. The first-order chi connectivity index (χ1) is 11.5. The van der Waals surface area contributed by atoms with Gasteiger partial charge in [-0.05, 0) is 48.6 Å². The van der Waals surface area contributed by atoms with Gasteiger partial charge < -0.3 is 10.6 Å². The van der Waals surface area contributed by atoms with Gasteiger partial charge in [0.2, 0.25) is 0 Å². The van der Waals surface area contributed by atoms with Gasteiger partial charge in [0.15, 0.2) is 5.11 Å². The lowest BCUT2D eigenvalue weighted by molar-refractivity contribution is -0.138. The van der Waals surface area contributed by atoms with Crippen LogP contribution in [0.3, 0.4) is 0 Å². The molecule has 0 fully saturated rings. The van der Waals surface area contributed by atoms with Crippen molar-refractivity contribution in [3.63, 3.8) is 0 Å². The quantitative estimate of drug-likeness (QED) is 0.466. The van der Waals surface area contributed by atoms with E-state index in [1.165, 1.54) is 18.2 Å². The summed E-state index contributed by atoms with van der Waals surface area (Å²) in [7, 11) is 0. The molecule has 25 heavy (non-hydrogen) atoms. The summed E-state index contributed by atoms with van der Waals surface area (Å²) in [5.74, 6) is 0. The summed E-state index contributed by atoms with van der Waals surface area (Å²) in [5, 5.41) is 4.30. The first-order valence-electron chi connectivity index (χ1n) is 6.59. The van der Waals surface area contributed by atoms with Gasteiger partial charge in [-0.3, -0.25) is 0 Å². The van der Waals surface area contributed by atoms with Crippen molar-refractivity contribution in [1.29, 1.82) is 0 Å². The number of hydrogen-bond acceptors (Lipinski definition) is 1. The highest BCUT2D eigenvalue weighted by atomic mass is 35.5. The number of rotatable bonds is 2. The lowest BCUT2D eigenvalue weighted by Gasteiger charge is -2.14. The number of halogens is 7.